The van der Waals surface area contributed by atoms with Gasteiger partial charge < -0.3 is 10.2 Å². The van der Waals surface area contributed by atoms with Gasteiger partial charge in [-0.1, -0.05) is 0 Å². The van der Waals surface area contributed by atoms with Crippen molar-refractivity contribution in [2.45, 2.75) is 44.8 Å². The maximum Gasteiger partial charge on any atom is 0.270 e. The van der Waals surface area contributed by atoms with Gasteiger partial charge in [-0.3, -0.25) is 10.2 Å². The molecule has 106 valence electrons. The van der Waals surface area contributed by atoms with Crippen LogP contribution in [0.15, 0.2) is 18.3 Å². The van der Waals surface area contributed by atoms with E-state index < -0.39 is 24.0 Å². The summed E-state index contributed by atoms with van der Waals surface area (Å²) in [5.74, 6) is -4.46. The first-order valence-corrected chi connectivity index (χ1v) is 5.95. The van der Waals surface area contributed by atoms with Crippen LogP contribution in [0.25, 0.3) is 0 Å². The Hall–Kier alpha value is -1.31. The molecular formula is C12H17F2N3O2. The van der Waals surface area contributed by atoms with Gasteiger partial charge in [-0.05, 0) is 26.0 Å². The first-order chi connectivity index (χ1) is 8.63. The molecule has 0 radical (unpaired) electrons. The Labute approximate surface area is 109 Å². The smallest absolute Gasteiger partial charge is 0.270 e. The fraction of sp³-hybridized carbons (Fsp3) is 0.583. The second kappa shape index (κ2) is 4.36. The number of nitrogens with zero attached hydrogens (tertiary/aromatic N) is 2. The number of anilines is 1. The van der Waals surface area contributed by atoms with E-state index in [1.54, 1.807) is 6.92 Å². The van der Waals surface area contributed by atoms with E-state index in [0.717, 1.165) is 13.0 Å². The fourth-order valence-electron chi connectivity index (χ4n) is 2.24. The molecule has 1 aromatic heterocycles. The highest BCUT2D eigenvalue weighted by Gasteiger charge is 2.46. The average molecular weight is 273 g/mol. The largest absolute Gasteiger partial charge is 0.372 e. The van der Waals surface area contributed by atoms with Crippen LogP contribution in [0, 0.1) is 0 Å². The van der Waals surface area contributed by atoms with Gasteiger partial charge >= 0.3 is 0 Å². The van der Waals surface area contributed by atoms with Gasteiger partial charge in [0.15, 0.2) is 5.85 Å². The SMILES string of the molecule is CC1NC(C)(O)N(c2cc(C(C)(F)F)ccn2)C1O. The number of aliphatic hydroxyl groups excluding tert-OH is 1. The molecule has 3 unspecified atom stereocenters. The van der Waals surface area contributed by atoms with Crippen molar-refractivity contribution in [1.29, 1.82) is 0 Å². The number of aromatic nitrogens is 1. The van der Waals surface area contributed by atoms with Gasteiger partial charge in [0.2, 0.25) is 0 Å². The molecule has 2 rings (SSSR count). The zero-order chi connectivity index (χ0) is 14.4. The zero-order valence-corrected chi connectivity index (χ0v) is 10.9. The van der Waals surface area contributed by atoms with E-state index in [1.165, 1.54) is 24.1 Å². The zero-order valence-electron chi connectivity index (χ0n) is 10.9. The monoisotopic (exact) mass is 273 g/mol. The van der Waals surface area contributed by atoms with Crippen LogP contribution in [0.1, 0.15) is 26.3 Å². The van der Waals surface area contributed by atoms with Crippen molar-refractivity contribution in [1.82, 2.24) is 10.3 Å². The van der Waals surface area contributed by atoms with Gasteiger partial charge in [0.05, 0.1) is 6.04 Å². The number of alkyl halides is 2. The topological polar surface area (TPSA) is 68.6 Å². The quantitative estimate of drug-likeness (QED) is 0.749. The molecule has 3 N–H and O–H groups in total. The lowest BCUT2D eigenvalue weighted by molar-refractivity contribution is 0.0165. The minimum absolute atomic E-state index is 0.0911. The molecule has 1 aliphatic rings. The molecule has 1 fully saturated rings. The number of rotatable bonds is 2. The molecule has 0 spiro atoms. The molecule has 0 amide bonds. The van der Waals surface area contributed by atoms with Gasteiger partial charge in [0.25, 0.3) is 5.92 Å². The molecule has 1 aliphatic heterocycles. The highest BCUT2D eigenvalue weighted by atomic mass is 19.3. The molecular weight excluding hydrogens is 256 g/mol. The maximum atomic E-state index is 13.3. The Morgan fingerprint density at radius 1 is 1.53 bits per heavy atom. The molecule has 0 bridgehead atoms. The summed E-state index contributed by atoms with van der Waals surface area (Å²) < 4.78 is 26.6. The minimum Gasteiger partial charge on any atom is -0.372 e. The third-order valence-electron chi connectivity index (χ3n) is 3.18. The Morgan fingerprint density at radius 2 is 2.16 bits per heavy atom. The summed E-state index contributed by atoms with van der Waals surface area (Å²) in [4.78, 5) is 5.12. The molecule has 19 heavy (non-hydrogen) atoms. The van der Waals surface area contributed by atoms with Crippen molar-refractivity contribution < 1.29 is 19.0 Å². The predicted octanol–water partition coefficient (Wildman–Crippen LogP) is 0.976. The molecule has 1 aromatic rings. The van der Waals surface area contributed by atoms with E-state index >= 15 is 0 Å². The molecule has 7 heteroatoms. The van der Waals surface area contributed by atoms with Gasteiger partial charge in [0.1, 0.15) is 12.0 Å². The summed E-state index contributed by atoms with van der Waals surface area (Å²) in [6.45, 7) is 3.89. The Morgan fingerprint density at radius 3 is 2.63 bits per heavy atom. The van der Waals surface area contributed by atoms with Crippen LogP contribution < -0.4 is 10.2 Å². The average Bonchev–Trinajstić information content (AvgIpc) is 2.47. The summed E-state index contributed by atoms with van der Waals surface area (Å²) in [6.07, 6.45) is 0.177. The number of hydrogen-bond donors (Lipinski definition) is 3. The van der Waals surface area contributed by atoms with E-state index in [9.17, 15) is 19.0 Å². The fourth-order valence-corrected chi connectivity index (χ4v) is 2.24. The van der Waals surface area contributed by atoms with Crippen LogP contribution in [-0.4, -0.2) is 33.3 Å². The normalized spacial score (nSPS) is 31.8. The summed E-state index contributed by atoms with van der Waals surface area (Å²) >= 11 is 0. The highest BCUT2D eigenvalue weighted by molar-refractivity contribution is 5.46. The van der Waals surface area contributed by atoms with Crippen molar-refractivity contribution in [3.63, 3.8) is 0 Å². The minimum atomic E-state index is -3.01. The third-order valence-corrected chi connectivity index (χ3v) is 3.18. The summed E-state index contributed by atoms with van der Waals surface area (Å²) in [7, 11) is 0. The number of halogens is 2. The van der Waals surface area contributed by atoms with Gasteiger partial charge in [-0.25, -0.2) is 13.8 Å². The lowest BCUT2D eigenvalue weighted by Gasteiger charge is -2.32. The molecule has 5 nitrogen and oxygen atoms in total. The summed E-state index contributed by atoms with van der Waals surface area (Å²) in [5, 5.41) is 22.9. The second-order valence-corrected chi connectivity index (χ2v) is 5.03. The summed E-state index contributed by atoms with van der Waals surface area (Å²) in [5.41, 5.74) is -0.222. The lowest BCUT2D eigenvalue weighted by Crippen LogP contribution is -2.51. The molecule has 3 atom stereocenters. The molecule has 0 saturated carbocycles. The Bertz CT molecular complexity index is 476. The number of nitrogens with one attached hydrogen (secondary N) is 1. The Balaban J connectivity index is 2.42. The van der Waals surface area contributed by atoms with Crippen molar-refractivity contribution in [2.75, 3.05) is 4.90 Å². The van der Waals surface area contributed by atoms with Crippen LogP contribution in [0.3, 0.4) is 0 Å². The van der Waals surface area contributed by atoms with E-state index in [2.05, 4.69) is 10.3 Å². The number of aliphatic hydroxyl groups is 2. The second-order valence-electron chi connectivity index (χ2n) is 5.03. The third kappa shape index (κ3) is 2.54. The van der Waals surface area contributed by atoms with Crippen LogP contribution in [0.4, 0.5) is 14.6 Å². The van der Waals surface area contributed by atoms with E-state index in [-0.39, 0.29) is 11.4 Å². The Kier molecular flexibility index (Phi) is 3.24. The number of pyridine rings is 1. The molecule has 0 aromatic carbocycles. The van der Waals surface area contributed by atoms with Crippen molar-refractivity contribution in [3.8, 4) is 0 Å². The van der Waals surface area contributed by atoms with Crippen LogP contribution >= 0.6 is 0 Å². The van der Waals surface area contributed by atoms with Gasteiger partial charge in [-0.15, -0.1) is 0 Å². The predicted molar refractivity (Wildman–Crippen MR) is 65.5 cm³/mol. The van der Waals surface area contributed by atoms with Crippen molar-refractivity contribution >= 4 is 5.82 Å². The molecule has 2 heterocycles. The van der Waals surface area contributed by atoms with Crippen LogP contribution in [0.2, 0.25) is 0 Å². The first-order valence-electron chi connectivity index (χ1n) is 5.95. The van der Waals surface area contributed by atoms with Crippen LogP contribution in [-0.2, 0) is 5.92 Å². The first kappa shape index (κ1) is 14.1. The maximum absolute atomic E-state index is 13.3. The molecule has 1 saturated heterocycles. The molecule has 0 aliphatic carbocycles. The van der Waals surface area contributed by atoms with Crippen molar-refractivity contribution in [2.24, 2.45) is 0 Å². The lowest BCUT2D eigenvalue weighted by atomic mass is 10.1. The number of hydrogen-bond acceptors (Lipinski definition) is 5. The van der Waals surface area contributed by atoms with Gasteiger partial charge in [0, 0.05) is 18.7 Å². The highest BCUT2D eigenvalue weighted by Crippen LogP contribution is 2.32. The standard InChI is InChI=1S/C12H17F2N3O2/c1-7-10(18)17(12(3,19)16-7)9-6-8(4-5-15-9)11(2,13)14/h4-7,10,16,18-19H,1-3H3. The summed E-state index contributed by atoms with van der Waals surface area (Å²) in [6, 6.07) is 1.96. The van der Waals surface area contributed by atoms with E-state index in [1.807, 2.05) is 0 Å². The van der Waals surface area contributed by atoms with E-state index in [0.29, 0.717) is 0 Å². The van der Waals surface area contributed by atoms with Crippen LogP contribution in [0.5, 0.6) is 0 Å². The van der Waals surface area contributed by atoms with Gasteiger partial charge in [-0.2, -0.15) is 0 Å². The van der Waals surface area contributed by atoms with E-state index in [4.69, 9.17) is 0 Å². The van der Waals surface area contributed by atoms with Crippen molar-refractivity contribution in [3.05, 3.63) is 23.9 Å².